The van der Waals surface area contributed by atoms with Crippen LogP contribution in [-0.2, 0) is 0 Å². The van der Waals surface area contributed by atoms with Gasteiger partial charge in [-0.2, -0.15) is 0 Å². The highest BCUT2D eigenvalue weighted by Gasteiger charge is 2.09. The first-order valence-electron chi connectivity index (χ1n) is 3.50. The van der Waals surface area contributed by atoms with Crippen LogP contribution in [0.3, 0.4) is 0 Å². The molecule has 10 heavy (non-hydrogen) atoms. The maximum absolute atomic E-state index is 3.30. The summed E-state index contributed by atoms with van der Waals surface area (Å²) in [5.74, 6) is 2.72. The molecule has 2 aliphatic rings. The van der Waals surface area contributed by atoms with Gasteiger partial charge in [-0.05, 0) is 0 Å². The smallest absolute Gasteiger partial charge is 0.0113 e. The van der Waals surface area contributed by atoms with E-state index in [2.05, 4.69) is 21.6 Å². The minimum atomic E-state index is 0.571. The Kier molecular flexibility index (Phi) is 2.23. The van der Waals surface area contributed by atoms with E-state index < -0.39 is 0 Å². The second kappa shape index (κ2) is 3.17. The summed E-state index contributed by atoms with van der Waals surface area (Å²) >= 11 is 0. The van der Waals surface area contributed by atoms with Gasteiger partial charge in [0, 0.05) is 35.6 Å². The highest BCUT2D eigenvalue weighted by Crippen LogP contribution is 2.38. The van der Waals surface area contributed by atoms with Gasteiger partial charge in [0.15, 0.2) is 0 Å². The molecule has 4 heteroatoms. The fourth-order valence-electron chi connectivity index (χ4n) is 1.08. The van der Waals surface area contributed by atoms with E-state index in [1.807, 2.05) is 0 Å². The van der Waals surface area contributed by atoms with Gasteiger partial charge < -0.3 is 0 Å². The van der Waals surface area contributed by atoms with Gasteiger partial charge in [0.2, 0.25) is 0 Å². The van der Waals surface area contributed by atoms with E-state index in [0.29, 0.717) is 19.0 Å². The third-order valence-corrected chi connectivity index (χ3v) is 7.45. The molecular formula is C6H12N2S2. The van der Waals surface area contributed by atoms with Crippen LogP contribution in [0.4, 0.5) is 0 Å². The normalized spacial score (nSPS) is 39.2. The molecule has 2 N–H and O–H groups in total. The summed E-state index contributed by atoms with van der Waals surface area (Å²) in [5, 5.41) is 6.59. The van der Waals surface area contributed by atoms with Crippen molar-refractivity contribution >= 4 is 30.0 Å². The molecular weight excluding hydrogens is 164 g/mol. The number of hydrogen-bond acceptors (Lipinski definition) is 2. The second-order valence-corrected chi connectivity index (χ2v) is 7.69. The molecule has 2 unspecified atom stereocenters. The molecule has 2 rings (SSSR count). The lowest BCUT2D eigenvalue weighted by Gasteiger charge is -2.02. The number of nitrogens with one attached hydrogen (secondary N) is 2. The highest BCUT2D eigenvalue weighted by molar-refractivity contribution is 8.90. The van der Waals surface area contributed by atoms with Gasteiger partial charge in [-0.25, -0.2) is 0 Å². The molecule has 0 aromatic heterocycles. The fourth-order valence-corrected chi connectivity index (χ4v) is 6.17. The molecule has 0 spiro atoms. The molecule has 0 fully saturated rings. The molecule has 0 bridgehead atoms. The zero-order valence-corrected chi connectivity index (χ0v) is 7.43. The molecule has 0 radical (unpaired) electrons. The minimum absolute atomic E-state index is 0.571. The van der Waals surface area contributed by atoms with Crippen LogP contribution in [0.1, 0.15) is 0 Å². The van der Waals surface area contributed by atoms with Gasteiger partial charge in [-0.1, -0.05) is 0 Å². The summed E-state index contributed by atoms with van der Waals surface area (Å²) in [6.45, 7) is 2.39. The van der Waals surface area contributed by atoms with E-state index in [9.17, 15) is 0 Å². The summed E-state index contributed by atoms with van der Waals surface area (Å²) < 4.78 is 0. The Morgan fingerprint density at radius 3 is 1.70 bits per heavy atom. The molecule has 58 valence electrons. The Labute approximate surface area is 65.6 Å². The van der Waals surface area contributed by atoms with Gasteiger partial charge in [0.05, 0.1) is 0 Å². The lowest BCUT2D eigenvalue weighted by molar-refractivity contribution is 1.03. The third-order valence-electron chi connectivity index (χ3n) is 1.60. The van der Waals surface area contributed by atoms with Crippen LogP contribution < -0.4 is 10.6 Å². The molecule has 2 nitrogen and oxygen atoms in total. The van der Waals surface area contributed by atoms with E-state index in [0.717, 1.165) is 0 Å². The Morgan fingerprint density at radius 1 is 0.900 bits per heavy atom. The fraction of sp³-hybridized carbons (Fsp3) is 0.667. The van der Waals surface area contributed by atoms with E-state index in [-0.39, 0.29) is 0 Å². The molecule has 0 saturated carbocycles. The van der Waals surface area contributed by atoms with Crippen molar-refractivity contribution in [2.24, 2.45) is 0 Å². The van der Waals surface area contributed by atoms with Crippen LogP contribution in [0.5, 0.6) is 0 Å². The van der Waals surface area contributed by atoms with E-state index in [1.54, 1.807) is 0 Å². The standard InChI is InChI=1S/C6H12N2S2/c1-3-9(5-7-1)10-4-2-8-6-10/h5-8H,1-4H2. The Hall–Kier alpha value is 0.360. The summed E-state index contributed by atoms with van der Waals surface area (Å²) in [6, 6.07) is 0. The average molecular weight is 176 g/mol. The molecule has 0 saturated heterocycles. The van der Waals surface area contributed by atoms with Gasteiger partial charge in [-0.15, -0.1) is 19.0 Å². The summed E-state index contributed by atoms with van der Waals surface area (Å²) in [4.78, 5) is 0. The van der Waals surface area contributed by atoms with Crippen molar-refractivity contribution in [1.82, 2.24) is 10.6 Å². The van der Waals surface area contributed by atoms with Crippen LogP contribution in [-0.4, -0.2) is 35.6 Å². The predicted octanol–water partition coefficient (Wildman–Crippen LogP) is 0.165. The first-order chi connectivity index (χ1) is 4.97. The van der Waals surface area contributed by atoms with Crippen LogP contribution in [0, 0.1) is 0 Å². The molecule has 0 aliphatic carbocycles. The van der Waals surface area contributed by atoms with Crippen molar-refractivity contribution in [1.29, 1.82) is 0 Å². The van der Waals surface area contributed by atoms with E-state index in [1.165, 1.54) is 24.6 Å². The van der Waals surface area contributed by atoms with Crippen molar-refractivity contribution in [3.63, 3.8) is 0 Å². The summed E-state index contributed by atoms with van der Waals surface area (Å²) in [7, 11) is 1.14. The SMILES string of the molecule is C1=S(S2=CNCC2)CCN1. The first-order valence-corrected chi connectivity index (χ1v) is 6.93. The van der Waals surface area contributed by atoms with Crippen LogP contribution >= 0.6 is 19.0 Å². The molecule has 0 aromatic rings. The van der Waals surface area contributed by atoms with E-state index >= 15 is 0 Å². The lowest BCUT2D eigenvalue weighted by atomic mass is 10.8. The van der Waals surface area contributed by atoms with Crippen LogP contribution in [0.15, 0.2) is 0 Å². The second-order valence-electron chi connectivity index (χ2n) is 2.31. The van der Waals surface area contributed by atoms with Crippen molar-refractivity contribution < 1.29 is 0 Å². The zero-order valence-electron chi connectivity index (χ0n) is 5.80. The summed E-state index contributed by atoms with van der Waals surface area (Å²) in [5.41, 5.74) is 4.60. The highest BCUT2D eigenvalue weighted by atomic mass is 33.1. The van der Waals surface area contributed by atoms with Crippen LogP contribution in [0.2, 0.25) is 0 Å². The van der Waals surface area contributed by atoms with Crippen molar-refractivity contribution in [2.75, 3.05) is 24.6 Å². The van der Waals surface area contributed by atoms with Crippen molar-refractivity contribution in [3.05, 3.63) is 0 Å². The maximum Gasteiger partial charge on any atom is 0.0113 e. The Bertz CT molecular complexity index is 176. The van der Waals surface area contributed by atoms with Gasteiger partial charge >= 0.3 is 0 Å². The monoisotopic (exact) mass is 176 g/mol. The lowest BCUT2D eigenvalue weighted by Crippen LogP contribution is -2.05. The maximum atomic E-state index is 3.30. The van der Waals surface area contributed by atoms with Gasteiger partial charge in [0.25, 0.3) is 0 Å². The Morgan fingerprint density at radius 2 is 1.40 bits per heavy atom. The Balaban J connectivity index is 2.10. The third kappa shape index (κ3) is 1.34. The number of rotatable bonds is 1. The van der Waals surface area contributed by atoms with Gasteiger partial charge in [0.1, 0.15) is 0 Å². The summed E-state index contributed by atoms with van der Waals surface area (Å²) in [6.07, 6.45) is 0. The van der Waals surface area contributed by atoms with Crippen LogP contribution in [0.25, 0.3) is 0 Å². The number of hydrogen-bond donors (Lipinski definition) is 2. The molecule has 0 amide bonds. The minimum Gasteiger partial charge on any atom is -0.289 e. The zero-order chi connectivity index (χ0) is 6.81. The largest absolute Gasteiger partial charge is 0.289 e. The van der Waals surface area contributed by atoms with E-state index in [4.69, 9.17) is 0 Å². The van der Waals surface area contributed by atoms with Crippen molar-refractivity contribution in [2.45, 2.75) is 0 Å². The topological polar surface area (TPSA) is 24.1 Å². The average Bonchev–Trinajstić information content (AvgIpc) is 2.59. The molecule has 2 aliphatic heterocycles. The predicted molar refractivity (Wildman–Crippen MR) is 53.0 cm³/mol. The quantitative estimate of drug-likeness (QED) is 0.439. The molecule has 0 aromatic carbocycles. The molecule has 2 atom stereocenters. The van der Waals surface area contributed by atoms with Crippen molar-refractivity contribution in [3.8, 4) is 0 Å². The first kappa shape index (κ1) is 7.03. The molecule has 2 heterocycles. The van der Waals surface area contributed by atoms with Gasteiger partial charge in [-0.3, -0.25) is 10.6 Å².